The Morgan fingerprint density at radius 3 is 2.62 bits per heavy atom. The molecule has 0 amide bonds. The molecule has 0 unspecified atom stereocenters. The fourth-order valence-electron chi connectivity index (χ4n) is 31.1. The Morgan fingerprint density at radius 2 is 1.74 bits per heavy atom. The van der Waals surface area contributed by atoms with Gasteiger partial charge in [0.15, 0.2) is 17.5 Å². The molecule has 19 aliphatic rings. The summed E-state index contributed by atoms with van der Waals surface area (Å²) in [6, 6.07) is 11.3. The minimum Gasteiger partial charge on any atom is -0.469 e. The van der Waals surface area contributed by atoms with E-state index in [9.17, 15) is 10.2 Å². The number of hydrogen-bond donors (Lipinski definition) is 4. The number of fused-ring (bicyclic) bond motifs is 7. The molecule has 9 bridgehead atoms. The van der Waals surface area contributed by atoms with Crippen molar-refractivity contribution in [1.82, 2.24) is 10.2 Å². The maximum Gasteiger partial charge on any atom is 0.339 e. The number of hydrogen-bond acceptors (Lipinski definition) is 13. The van der Waals surface area contributed by atoms with Crippen LogP contribution in [-0.2, 0) is 58.2 Å². The first-order valence-corrected chi connectivity index (χ1v) is 37.5. The molecule has 488 valence electrons. The second-order valence-electron chi connectivity index (χ2n) is 35.5. The SMILES string of the molecule is C[C@H]1[C@H]2CCC[C@H]2CC[C@@]12CCC[C@]13O[C@]45C(=C[C@H]21)C[C@@H]1CCC[C@]12C[C@@H]1C[C@]6(C)[C@]78O[C@@H]7C(=O)O[C@@]67c6c(coc6C[C@@H]([C@H]6CC[C@@H]9[C@H](C=CN%10CNC[C@@H]9%10)C6)[C@H](O)CO)CC[C@H]7C#C[C@H]6CC[C@@H](Cc7ccccc7)C[C@H]6[C@]86[C@H](O)C(=O)[C@H]3[C@@]4(COC(=O)[C@@H]25)[C@@H]16. The van der Waals surface area contributed by atoms with Crippen LogP contribution in [0.1, 0.15) is 171 Å². The van der Waals surface area contributed by atoms with E-state index in [1.165, 1.54) is 36.8 Å². The van der Waals surface area contributed by atoms with Crippen molar-refractivity contribution in [2.24, 2.45) is 128 Å². The van der Waals surface area contributed by atoms with Crippen molar-refractivity contribution in [3.8, 4) is 11.8 Å². The van der Waals surface area contributed by atoms with Gasteiger partial charge in [0.2, 0.25) is 0 Å². The van der Waals surface area contributed by atoms with Gasteiger partial charge >= 0.3 is 11.9 Å². The number of benzene rings is 1. The quantitative estimate of drug-likeness (QED) is 0.0891. The van der Waals surface area contributed by atoms with Crippen LogP contribution in [0.2, 0.25) is 0 Å². The number of furan rings is 1. The van der Waals surface area contributed by atoms with Gasteiger partial charge in [-0.15, -0.1) is 0 Å². The van der Waals surface area contributed by atoms with Crippen molar-refractivity contribution in [2.45, 2.75) is 215 Å². The van der Waals surface area contributed by atoms with Gasteiger partial charge in [0.05, 0.1) is 54.4 Å². The van der Waals surface area contributed by atoms with Gasteiger partial charge in [0.25, 0.3) is 0 Å². The average molecular weight is 1250 g/mol. The monoisotopic (exact) mass is 1250 g/mol. The summed E-state index contributed by atoms with van der Waals surface area (Å²) in [5, 5.41) is 42.4. The lowest BCUT2D eigenvalue weighted by Crippen LogP contribution is -2.84. The summed E-state index contributed by atoms with van der Waals surface area (Å²) in [6.07, 6.45) is 27.4. The number of allylic oxidation sites excluding steroid dienone is 1. The Bertz CT molecular complexity index is 3660. The van der Waals surface area contributed by atoms with Gasteiger partial charge in [-0.05, 0) is 233 Å². The molecule has 5 saturated heterocycles. The lowest BCUT2D eigenvalue weighted by atomic mass is 9.28. The van der Waals surface area contributed by atoms with Gasteiger partial charge in [0.1, 0.15) is 29.7 Å². The topological polar surface area (TPSA) is 181 Å². The summed E-state index contributed by atoms with van der Waals surface area (Å²) < 4.78 is 38.8. The van der Waals surface area contributed by atoms with Crippen LogP contribution in [0, 0.1) is 140 Å². The van der Waals surface area contributed by atoms with Crippen LogP contribution in [0.4, 0.5) is 0 Å². The van der Waals surface area contributed by atoms with Gasteiger partial charge in [-0.25, -0.2) is 4.79 Å². The van der Waals surface area contributed by atoms with E-state index in [4.69, 9.17) is 23.4 Å². The molecule has 92 heavy (non-hydrogen) atoms. The summed E-state index contributed by atoms with van der Waals surface area (Å²) >= 11 is 0. The number of nitrogens with zero attached hydrogens (tertiary/aromatic N) is 1. The molecule has 13 nitrogen and oxygen atoms in total. The third-order valence-corrected chi connectivity index (χ3v) is 33.6. The van der Waals surface area contributed by atoms with Crippen molar-refractivity contribution < 1.29 is 53.1 Å². The molecule has 1 aromatic carbocycles. The van der Waals surface area contributed by atoms with E-state index in [0.29, 0.717) is 74.0 Å². The molecule has 7 aliphatic heterocycles. The van der Waals surface area contributed by atoms with Gasteiger partial charge in [-0.1, -0.05) is 87.4 Å². The van der Waals surface area contributed by atoms with Crippen LogP contribution in [0.15, 0.2) is 64.9 Å². The molecule has 21 rings (SSSR count). The Morgan fingerprint density at radius 1 is 0.859 bits per heavy atom. The number of rotatable bonds is 7. The molecule has 10 saturated carbocycles. The molecule has 4 N–H and O–H groups in total. The van der Waals surface area contributed by atoms with E-state index in [1.807, 2.05) is 6.26 Å². The number of carbonyl (C=O) groups excluding carboxylic acids is 3. The Hall–Kier alpha value is -4.29. The number of carbonyl (C=O) groups is 3. The molecule has 12 aliphatic carbocycles. The summed E-state index contributed by atoms with van der Waals surface area (Å²) in [5.74, 6) is 7.81. The number of nitrogens with one attached hydrogen (secondary N) is 1. The normalized spacial score (nSPS) is 54.6. The number of epoxide rings is 1. The van der Waals surface area contributed by atoms with Crippen molar-refractivity contribution >= 4 is 17.7 Å². The van der Waals surface area contributed by atoms with Crippen molar-refractivity contribution in [3.63, 3.8) is 0 Å². The second-order valence-corrected chi connectivity index (χ2v) is 35.5. The fourth-order valence-corrected chi connectivity index (χ4v) is 31.1. The molecule has 13 heteroatoms. The van der Waals surface area contributed by atoms with Crippen LogP contribution in [-0.4, -0.2) is 106 Å². The number of aliphatic hydroxyl groups is 3. The lowest BCUT2D eigenvalue weighted by molar-refractivity contribution is -0.320. The highest BCUT2D eigenvalue weighted by atomic mass is 16.7. The summed E-state index contributed by atoms with van der Waals surface area (Å²) in [6.45, 7) is 6.46. The smallest absolute Gasteiger partial charge is 0.339 e. The molecule has 1 aromatic heterocycles. The number of Topliss-reactive ketones (excluding diaryl/α,β-unsaturated/α-hetero) is 1. The third kappa shape index (κ3) is 6.21. The van der Waals surface area contributed by atoms with Crippen LogP contribution in [0.5, 0.6) is 0 Å². The van der Waals surface area contributed by atoms with E-state index < -0.39 is 92.0 Å². The maximum absolute atomic E-state index is 18.1. The number of ketones is 1. The molecular formula is C79H96N2O11. The number of aryl methyl sites for hydroxylation is 1. The molecule has 0 radical (unpaired) electrons. The molecular weight excluding hydrogens is 1150 g/mol. The van der Waals surface area contributed by atoms with Crippen molar-refractivity contribution in [3.05, 3.63) is 83.0 Å². The van der Waals surface area contributed by atoms with Gasteiger partial charge in [0, 0.05) is 47.2 Å². The van der Waals surface area contributed by atoms with Crippen molar-refractivity contribution in [2.75, 3.05) is 26.4 Å². The zero-order valence-electron chi connectivity index (χ0n) is 54.2. The summed E-state index contributed by atoms with van der Waals surface area (Å²) in [7, 11) is 0. The fraction of sp³-hybridized carbons (Fsp3) is 0.759. The van der Waals surface area contributed by atoms with E-state index in [0.717, 1.165) is 120 Å². The number of ether oxygens (including phenoxy) is 4. The lowest BCUT2D eigenvalue weighted by Gasteiger charge is -2.74. The second kappa shape index (κ2) is 18.7. The Kier molecular flexibility index (Phi) is 11.5. The first-order chi connectivity index (χ1) is 44.7. The minimum absolute atomic E-state index is 0.0479. The molecule has 30 atom stereocenters. The molecule has 8 spiro atoms. The predicted molar refractivity (Wildman–Crippen MR) is 337 cm³/mol. The van der Waals surface area contributed by atoms with E-state index >= 15 is 19.5 Å². The average Bonchev–Trinajstić information content (AvgIpc) is 1.40. The standard InChI is InChI=1S/C79H96N2O11/c1-42-54-13-6-11-45(54)22-27-72(42)25-8-26-75-61(72)33-53-32-52-12-7-24-73(52)36-50-35-71(2)77-51(20-17-49-39-88-60(62(49)77)34-56(59(83)38-82)47-18-21-55-48(31-47)23-28-81-41-80-37-58(55)81)19-16-46-15-14-44(29-43-9-4-3-5-10-43)30-57(46)76(79(71)68(90-79)70(87)91-77)64(50)74(65(75)63(84)67(76)85)40-89-69(86)66(73)78(53,74)92-75/h3-5,9-10,23,28,33,39,42,44-48,50-52,54-59,61,64-68,80,82-83,85H,6-8,11-15,17-18,20-22,24-27,29-32,34-38,40-41H2,1-2H3/t42-,44-,45-,46+,47-,48+,50-,51+,52-,54+,55+,56-,57+,58-,59+,61+,64+,65-,66-,67+,68+,71-,72-,73-,74+,75-,76-,77-,78-,79+/m0/s1. The highest BCUT2D eigenvalue weighted by Crippen LogP contribution is 2.92. The van der Waals surface area contributed by atoms with Crippen LogP contribution >= 0.6 is 0 Å². The van der Waals surface area contributed by atoms with Gasteiger partial charge < -0.3 is 43.6 Å². The molecule has 8 heterocycles. The predicted octanol–water partition coefficient (Wildman–Crippen LogP) is 10.3. The summed E-state index contributed by atoms with van der Waals surface area (Å²) in [4.78, 5) is 53.3. The Balaban J connectivity index is 0.798. The molecule has 2 aromatic rings. The van der Waals surface area contributed by atoms with Gasteiger partial charge in [-0.3, -0.25) is 14.9 Å². The maximum atomic E-state index is 18.1. The Labute approximate surface area is 542 Å². The highest BCUT2D eigenvalue weighted by Gasteiger charge is 3.01. The summed E-state index contributed by atoms with van der Waals surface area (Å²) in [5.41, 5.74) is -4.79. The van der Waals surface area contributed by atoms with Crippen LogP contribution < -0.4 is 5.32 Å². The zero-order chi connectivity index (χ0) is 61.6. The third-order valence-electron chi connectivity index (χ3n) is 33.6. The minimum atomic E-state index is -1.55. The number of cyclic esters (lactones) is 1. The van der Waals surface area contributed by atoms with Gasteiger partial charge in [-0.2, -0.15) is 0 Å². The number of esters is 2. The molecule has 15 fully saturated rings. The first-order valence-electron chi connectivity index (χ1n) is 37.5. The van der Waals surface area contributed by atoms with Crippen molar-refractivity contribution in [1.29, 1.82) is 0 Å². The van der Waals surface area contributed by atoms with E-state index in [-0.39, 0.29) is 77.7 Å². The van der Waals surface area contributed by atoms with E-state index in [1.54, 1.807) is 0 Å². The van der Waals surface area contributed by atoms with Crippen LogP contribution in [0.25, 0.3) is 0 Å². The first kappa shape index (κ1) is 56.8. The zero-order valence-corrected chi connectivity index (χ0v) is 54.2. The van der Waals surface area contributed by atoms with Crippen LogP contribution in [0.3, 0.4) is 0 Å². The van der Waals surface area contributed by atoms with E-state index in [2.05, 4.69) is 84.6 Å². The number of aliphatic hydroxyl groups excluding tert-OH is 3. The largest absolute Gasteiger partial charge is 0.469 e. The highest BCUT2D eigenvalue weighted by molar-refractivity contribution is 5.94.